The van der Waals surface area contributed by atoms with E-state index >= 15 is 0 Å². The molecule has 1 unspecified atom stereocenters. The summed E-state index contributed by atoms with van der Waals surface area (Å²) in [5, 5.41) is 3.27. The van der Waals surface area contributed by atoms with Crippen molar-refractivity contribution in [1.29, 1.82) is 0 Å². The van der Waals surface area contributed by atoms with Crippen molar-refractivity contribution in [2.45, 2.75) is 13.0 Å². The summed E-state index contributed by atoms with van der Waals surface area (Å²) in [6.45, 7) is 1.95. The summed E-state index contributed by atoms with van der Waals surface area (Å²) in [6.07, 6.45) is 4.93. The van der Waals surface area contributed by atoms with Crippen LogP contribution in [0.3, 0.4) is 0 Å². The standard InChI is InChI=1S/C12H11ClFN3/c1-8(12-7-15-4-5-16-12)17-9-2-3-11(14)10(13)6-9/h2-8,17H,1H3. The SMILES string of the molecule is CC(Nc1ccc(F)c(Cl)c1)c1cnccn1. The molecular formula is C12H11ClFN3. The van der Waals surface area contributed by atoms with E-state index in [1.165, 1.54) is 6.07 Å². The van der Waals surface area contributed by atoms with Gasteiger partial charge in [0.25, 0.3) is 0 Å². The van der Waals surface area contributed by atoms with Crippen LogP contribution in [0.2, 0.25) is 5.02 Å². The van der Waals surface area contributed by atoms with Gasteiger partial charge in [0.05, 0.1) is 23.0 Å². The first-order valence-electron chi connectivity index (χ1n) is 5.14. The minimum atomic E-state index is -0.427. The zero-order valence-corrected chi connectivity index (χ0v) is 9.95. The quantitative estimate of drug-likeness (QED) is 0.908. The Balaban J connectivity index is 2.13. The molecule has 3 nitrogen and oxygen atoms in total. The van der Waals surface area contributed by atoms with Crippen LogP contribution >= 0.6 is 11.6 Å². The molecule has 17 heavy (non-hydrogen) atoms. The molecule has 5 heteroatoms. The van der Waals surface area contributed by atoms with Crippen LogP contribution < -0.4 is 5.32 Å². The smallest absolute Gasteiger partial charge is 0.141 e. The predicted octanol–water partition coefficient (Wildman–Crippen LogP) is 3.44. The third kappa shape index (κ3) is 2.91. The molecule has 1 N–H and O–H groups in total. The van der Waals surface area contributed by atoms with E-state index < -0.39 is 5.82 Å². The number of aromatic nitrogens is 2. The molecule has 0 fully saturated rings. The molecule has 0 radical (unpaired) electrons. The Kier molecular flexibility index (Phi) is 3.54. The Labute approximate surface area is 104 Å². The molecule has 0 bridgehead atoms. The first-order chi connectivity index (χ1) is 8.16. The number of halogens is 2. The van der Waals surface area contributed by atoms with Crippen LogP contribution in [-0.2, 0) is 0 Å². The second kappa shape index (κ2) is 5.10. The van der Waals surface area contributed by atoms with Crippen molar-refractivity contribution in [3.63, 3.8) is 0 Å². The maximum absolute atomic E-state index is 13.0. The molecule has 0 spiro atoms. The number of hydrogen-bond acceptors (Lipinski definition) is 3. The lowest BCUT2D eigenvalue weighted by molar-refractivity contribution is 0.628. The number of nitrogens with zero attached hydrogens (tertiary/aromatic N) is 2. The topological polar surface area (TPSA) is 37.8 Å². The van der Waals surface area contributed by atoms with Crippen LogP contribution in [0.15, 0.2) is 36.8 Å². The first-order valence-corrected chi connectivity index (χ1v) is 5.52. The highest BCUT2D eigenvalue weighted by molar-refractivity contribution is 6.31. The summed E-state index contributed by atoms with van der Waals surface area (Å²) >= 11 is 5.70. The van der Waals surface area contributed by atoms with Gasteiger partial charge in [-0.2, -0.15) is 0 Å². The predicted molar refractivity (Wildman–Crippen MR) is 65.5 cm³/mol. The van der Waals surface area contributed by atoms with Gasteiger partial charge < -0.3 is 5.32 Å². The number of rotatable bonds is 3. The lowest BCUT2D eigenvalue weighted by atomic mass is 10.2. The van der Waals surface area contributed by atoms with Crippen LogP contribution in [0, 0.1) is 5.82 Å². The van der Waals surface area contributed by atoms with Crippen molar-refractivity contribution in [1.82, 2.24) is 9.97 Å². The first kappa shape index (κ1) is 11.8. The van der Waals surface area contributed by atoms with Gasteiger partial charge >= 0.3 is 0 Å². The normalized spacial score (nSPS) is 12.2. The Morgan fingerprint density at radius 1 is 1.35 bits per heavy atom. The van der Waals surface area contributed by atoms with E-state index in [2.05, 4.69) is 15.3 Å². The van der Waals surface area contributed by atoms with Gasteiger partial charge in [0.2, 0.25) is 0 Å². The minimum absolute atomic E-state index is 0.0229. The number of hydrogen-bond donors (Lipinski definition) is 1. The van der Waals surface area contributed by atoms with Crippen LogP contribution in [-0.4, -0.2) is 9.97 Å². The molecule has 0 saturated carbocycles. The second-order valence-electron chi connectivity index (χ2n) is 3.63. The third-order valence-electron chi connectivity index (χ3n) is 2.33. The Morgan fingerprint density at radius 2 is 2.18 bits per heavy atom. The Morgan fingerprint density at radius 3 is 2.82 bits per heavy atom. The lowest BCUT2D eigenvalue weighted by Crippen LogP contribution is -2.08. The Bertz CT molecular complexity index is 504. The fourth-order valence-electron chi connectivity index (χ4n) is 1.44. The van der Waals surface area contributed by atoms with E-state index in [1.54, 1.807) is 30.7 Å². The zero-order valence-electron chi connectivity index (χ0n) is 9.19. The highest BCUT2D eigenvalue weighted by Gasteiger charge is 2.07. The number of nitrogens with one attached hydrogen (secondary N) is 1. The molecule has 0 amide bonds. The highest BCUT2D eigenvalue weighted by atomic mass is 35.5. The monoisotopic (exact) mass is 251 g/mol. The van der Waals surface area contributed by atoms with Crippen LogP contribution in [0.1, 0.15) is 18.7 Å². The molecule has 1 aromatic carbocycles. The van der Waals surface area contributed by atoms with Crippen molar-refractivity contribution in [2.75, 3.05) is 5.32 Å². The highest BCUT2D eigenvalue weighted by Crippen LogP contribution is 2.22. The largest absolute Gasteiger partial charge is 0.377 e. The molecule has 0 aliphatic carbocycles. The Hall–Kier alpha value is -1.68. The second-order valence-corrected chi connectivity index (χ2v) is 4.03. The maximum Gasteiger partial charge on any atom is 0.141 e. The van der Waals surface area contributed by atoms with Gasteiger partial charge in [-0.1, -0.05) is 11.6 Å². The number of anilines is 1. The third-order valence-corrected chi connectivity index (χ3v) is 2.62. The van der Waals surface area contributed by atoms with Gasteiger partial charge in [0.1, 0.15) is 5.82 Å². The van der Waals surface area contributed by atoms with Gasteiger partial charge in [-0.25, -0.2) is 4.39 Å². The van der Waals surface area contributed by atoms with Crippen molar-refractivity contribution < 1.29 is 4.39 Å². The maximum atomic E-state index is 13.0. The van der Waals surface area contributed by atoms with E-state index in [0.717, 1.165) is 11.4 Å². The summed E-state index contributed by atoms with van der Waals surface area (Å²) in [7, 11) is 0. The zero-order chi connectivity index (χ0) is 12.3. The molecule has 1 atom stereocenters. The molecule has 2 rings (SSSR count). The van der Waals surface area contributed by atoms with Gasteiger partial charge in [-0.05, 0) is 25.1 Å². The van der Waals surface area contributed by atoms with Gasteiger partial charge in [0.15, 0.2) is 0 Å². The van der Waals surface area contributed by atoms with Gasteiger partial charge in [-0.3, -0.25) is 9.97 Å². The van der Waals surface area contributed by atoms with E-state index in [4.69, 9.17) is 11.6 Å². The van der Waals surface area contributed by atoms with Gasteiger partial charge in [-0.15, -0.1) is 0 Å². The van der Waals surface area contributed by atoms with E-state index in [-0.39, 0.29) is 11.1 Å². The average Bonchev–Trinajstić information content (AvgIpc) is 2.35. The van der Waals surface area contributed by atoms with Crippen LogP contribution in [0.5, 0.6) is 0 Å². The average molecular weight is 252 g/mol. The molecule has 0 aliphatic rings. The summed E-state index contributed by atoms with van der Waals surface area (Å²) in [5.74, 6) is -0.427. The molecule has 0 saturated heterocycles. The molecular weight excluding hydrogens is 241 g/mol. The minimum Gasteiger partial charge on any atom is -0.377 e. The molecule has 0 aliphatic heterocycles. The van der Waals surface area contributed by atoms with Crippen molar-refractivity contribution in [2.24, 2.45) is 0 Å². The summed E-state index contributed by atoms with van der Waals surface area (Å²) in [5.41, 5.74) is 1.56. The summed E-state index contributed by atoms with van der Waals surface area (Å²) in [6, 6.07) is 4.48. The van der Waals surface area contributed by atoms with Crippen molar-refractivity contribution in [3.05, 3.63) is 53.3 Å². The van der Waals surface area contributed by atoms with E-state index in [9.17, 15) is 4.39 Å². The van der Waals surface area contributed by atoms with E-state index in [0.29, 0.717) is 0 Å². The van der Waals surface area contributed by atoms with Crippen LogP contribution in [0.25, 0.3) is 0 Å². The molecule has 88 valence electrons. The summed E-state index contributed by atoms with van der Waals surface area (Å²) < 4.78 is 13.0. The van der Waals surface area contributed by atoms with E-state index in [1.807, 2.05) is 6.92 Å². The number of benzene rings is 1. The van der Waals surface area contributed by atoms with Crippen molar-refractivity contribution in [3.8, 4) is 0 Å². The molecule has 2 aromatic rings. The van der Waals surface area contributed by atoms with Gasteiger partial charge in [0, 0.05) is 18.1 Å². The lowest BCUT2D eigenvalue weighted by Gasteiger charge is -2.14. The fraction of sp³-hybridized carbons (Fsp3) is 0.167. The molecule has 1 heterocycles. The summed E-state index contributed by atoms with van der Waals surface area (Å²) in [4.78, 5) is 8.17. The molecule has 1 aromatic heterocycles. The van der Waals surface area contributed by atoms with Crippen molar-refractivity contribution >= 4 is 17.3 Å². The van der Waals surface area contributed by atoms with Crippen LogP contribution in [0.4, 0.5) is 10.1 Å². The fourth-order valence-corrected chi connectivity index (χ4v) is 1.62.